The second-order valence-corrected chi connectivity index (χ2v) is 3.52. The predicted octanol–water partition coefficient (Wildman–Crippen LogP) is 2.81. The Bertz CT molecular complexity index is 500. The van der Waals surface area contributed by atoms with Crippen LogP contribution in [0, 0.1) is 0 Å². The van der Waals surface area contributed by atoms with Crippen LogP contribution in [0.3, 0.4) is 0 Å². The van der Waals surface area contributed by atoms with Crippen molar-refractivity contribution in [3.05, 3.63) is 42.6 Å². The zero-order valence-corrected chi connectivity index (χ0v) is 9.68. The van der Waals surface area contributed by atoms with Crippen molar-refractivity contribution >= 4 is 17.2 Å². The van der Waals surface area contributed by atoms with Crippen molar-refractivity contribution in [1.29, 1.82) is 0 Å². The molecule has 2 rings (SSSR count). The second-order valence-electron chi connectivity index (χ2n) is 3.52. The molecule has 1 aromatic carbocycles. The van der Waals surface area contributed by atoms with Crippen molar-refractivity contribution in [3.63, 3.8) is 0 Å². The lowest BCUT2D eigenvalue weighted by Crippen LogP contribution is -1.98. The number of para-hydroxylation sites is 2. The Morgan fingerprint density at radius 2 is 2.12 bits per heavy atom. The molecule has 0 fully saturated rings. The van der Waals surface area contributed by atoms with Gasteiger partial charge in [-0.2, -0.15) is 0 Å². The number of anilines is 3. The monoisotopic (exact) mass is 229 g/mol. The van der Waals surface area contributed by atoms with Crippen molar-refractivity contribution in [2.24, 2.45) is 0 Å². The molecule has 0 saturated heterocycles. The Kier molecular flexibility index (Phi) is 3.45. The van der Waals surface area contributed by atoms with Crippen molar-refractivity contribution in [3.8, 4) is 5.75 Å². The number of hydrogen-bond acceptors (Lipinski definition) is 4. The maximum absolute atomic E-state index is 5.63. The number of benzene rings is 1. The van der Waals surface area contributed by atoms with E-state index in [9.17, 15) is 0 Å². The second kappa shape index (κ2) is 5.21. The third-order valence-electron chi connectivity index (χ3n) is 2.25. The highest BCUT2D eigenvalue weighted by atomic mass is 16.5. The highest BCUT2D eigenvalue weighted by molar-refractivity contribution is 5.67. The number of rotatable bonds is 4. The Morgan fingerprint density at radius 1 is 1.29 bits per heavy atom. The van der Waals surface area contributed by atoms with E-state index in [1.807, 2.05) is 37.3 Å². The van der Waals surface area contributed by atoms with Crippen LogP contribution >= 0.6 is 0 Å². The fraction of sp³-hybridized carbons (Fsp3) is 0.154. The molecule has 3 N–H and O–H groups in total. The SMILES string of the molecule is CCOc1ccccc1Nc1ccnc(N)c1. The van der Waals surface area contributed by atoms with Crippen LogP contribution in [-0.2, 0) is 0 Å². The van der Waals surface area contributed by atoms with E-state index in [1.54, 1.807) is 12.3 Å². The van der Waals surface area contributed by atoms with Gasteiger partial charge in [-0.15, -0.1) is 0 Å². The summed E-state index contributed by atoms with van der Waals surface area (Å²) < 4.78 is 5.53. The summed E-state index contributed by atoms with van der Waals surface area (Å²) in [5.41, 5.74) is 7.44. The summed E-state index contributed by atoms with van der Waals surface area (Å²) in [6.07, 6.45) is 1.67. The molecule has 0 aliphatic carbocycles. The van der Waals surface area contributed by atoms with E-state index in [-0.39, 0.29) is 0 Å². The summed E-state index contributed by atoms with van der Waals surface area (Å²) in [7, 11) is 0. The number of nitrogens with two attached hydrogens (primary N) is 1. The fourth-order valence-corrected chi connectivity index (χ4v) is 1.53. The molecule has 1 heterocycles. The molecule has 2 aromatic rings. The van der Waals surface area contributed by atoms with E-state index >= 15 is 0 Å². The van der Waals surface area contributed by atoms with Gasteiger partial charge in [-0.3, -0.25) is 0 Å². The third-order valence-corrected chi connectivity index (χ3v) is 2.25. The number of nitrogens with one attached hydrogen (secondary N) is 1. The predicted molar refractivity (Wildman–Crippen MR) is 69.5 cm³/mol. The van der Waals surface area contributed by atoms with E-state index in [0.29, 0.717) is 12.4 Å². The van der Waals surface area contributed by atoms with Gasteiger partial charge in [0.25, 0.3) is 0 Å². The van der Waals surface area contributed by atoms with Gasteiger partial charge < -0.3 is 15.8 Å². The molecule has 1 aromatic heterocycles. The van der Waals surface area contributed by atoms with Crippen LogP contribution in [0.5, 0.6) is 5.75 Å². The molecule has 0 aliphatic rings. The Morgan fingerprint density at radius 3 is 2.88 bits per heavy atom. The van der Waals surface area contributed by atoms with Gasteiger partial charge in [0.15, 0.2) is 0 Å². The summed E-state index contributed by atoms with van der Waals surface area (Å²) in [6, 6.07) is 11.4. The van der Waals surface area contributed by atoms with Crippen LogP contribution < -0.4 is 15.8 Å². The number of nitrogen functional groups attached to an aromatic ring is 1. The fourth-order valence-electron chi connectivity index (χ4n) is 1.53. The Hall–Kier alpha value is -2.23. The van der Waals surface area contributed by atoms with Crippen molar-refractivity contribution in [2.75, 3.05) is 17.7 Å². The van der Waals surface area contributed by atoms with Crippen LogP contribution in [0.1, 0.15) is 6.92 Å². The first kappa shape index (κ1) is 11.3. The zero-order chi connectivity index (χ0) is 12.1. The van der Waals surface area contributed by atoms with Gasteiger partial charge in [0.1, 0.15) is 11.6 Å². The molecule has 4 nitrogen and oxygen atoms in total. The maximum atomic E-state index is 5.63. The molecular weight excluding hydrogens is 214 g/mol. The molecule has 0 atom stereocenters. The lowest BCUT2D eigenvalue weighted by Gasteiger charge is -2.12. The lowest BCUT2D eigenvalue weighted by molar-refractivity contribution is 0.342. The molecule has 0 unspecified atom stereocenters. The minimum Gasteiger partial charge on any atom is -0.492 e. The molecule has 0 aliphatic heterocycles. The minimum atomic E-state index is 0.490. The van der Waals surface area contributed by atoms with Crippen molar-refractivity contribution < 1.29 is 4.74 Å². The van der Waals surface area contributed by atoms with Crippen LogP contribution in [-0.4, -0.2) is 11.6 Å². The molecular formula is C13H15N3O. The largest absolute Gasteiger partial charge is 0.492 e. The highest BCUT2D eigenvalue weighted by Crippen LogP contribution is 2.27. The first-order chi connectivity index (χ1) is 8.29. The van der Waals surface area contributed by atoms with Crippen molar-refractivity contribution in [2.45, 2.75) is 6.92 Å². The molecule has 0 radical (unpaired) electrons. The van der Waals surface area contributed by atoms with Crippen LogP contribution in [0.4, 0.5) is 17.2 Å². The number of ether oxygens (including phenoxy) is 1. The highest BCUT2D eigenvalue weighted by Gasteiger charge is 2.02. The molecule has 0 amide bonds. The zero-order valence-electron chi connectivity index (χ0n) is 9.68. The smallest absolute Gasteiger partial charge is 0.142 e. The van der Waals surface area contributed by atoms with Crippen LogP contribution in [0.15, 0.2) is 42.6 Å². The van der Waals surface area contributed by atoms with E-state index in [2.05, 4.69) is 10.3 Å². The number of nitrogens with zero attached hydrogens (tertiary/aromatic N) is 1. The minimum absolute atomic E-state index is 0.490. The van der Waals surface area contributed by atoms with Gasteiger partial charge in [0.2, 0.25) is 0 Å². The first-order valence-electron chi connectivity index (χ1n) is 5.50. The van der Waals surface area contributed by atoms with Crippen LogP contribution in [0.2, 0.25) is 0 Å². The molecule has 0 bridgehead atoms. The summed E-state index contributed by atoms with van der Waals surface area (Å²) in [6.45, 7) is 2.60. The average Bonchev–Trinajstić information content (AvgIpc) is 2.32. The van der Waals surface area contributed by atoms with Gasteiger partial charge in [-0.05, 0) is 25.1 Å². The Balaban J connectivity index is 2.23. The molecule has 0 saturated carbocycles. The van der Waals surface area contributed by atoms with Crippen LogP contribution in [0.25, 0.3) is 0 Å². The number of pyridine rings is 1. The van der Waals surface area contributed by atoms with Gasteiger partial charge >= 0.3 is 0 Å². The third kappa shape index (κ3) is 2.87. The quantitative estimate of drug-likeness (QED) is 0.846. The van der Waals surface area contributed by atoms with E-state index in [4.69, 9.17) is 10.5 Å². The number of hydrogen-bond donors (Lipinski definition) is 2. The Labute approximate surface area is 100 Å². The summed E-state index contributed by atoms with van der Waals surface area (Å²) >= 11 is 0. The summed E-state index contributed by atoms with van der Waals surface area (Å²) in [5.74, 6) is 1.31. The number of aromatic nitrogens is 1. The summed E-state index contributed by atoms with van der Waals surface area (Å²) in [5, 5.41) is 3.25. The normalized spacial score (nSPS) is 9.94. The average molecular weight is 229 g/mol. The van der Waals surface area contributed by atoms with E-state index in [1.165, 1.54) is 0 Å². The topological polar surface area (TPSA) is 60.2 Å². The van der Waals surface area contributed by atoms with Crippen molar-refractivity contribution in [1.82, 2.24) is 4.98 Å². The van der Waals surface area contributed by atoms with Gasteiger partial charge in [0, 0.05) is 18.0 Å². The first-order valence-corrected chi connectivity index (χ1v) is 5.50. The van der Waals surface area contributed by atoms with E-state index < -0.39 is 0 Å². The van der Waals surface area contributed by atoms with Gasteiger partial charge in [-0.25, -0.2) is 4.98 Å². The molecule has 0 spiro atoms. The standard InChI is InChI=1S/C13H15N3O/c1-2-17-12-6-4-3-5-11(12)16-10-7-8-15-13(14)9-10/h3-9H,2H2,1H3,(H3,14,15,16). The van der Waals surface area contributed by atoms with Gasteiger partial charge in [-0.1, -0.05) is 12.1 Å². The maximum Gasteiger partial charge on any atom is 0.142 e. The molecule has 17 heavy (non-hydrogen) atoms. The molecule has 4 heteroatoms. The van der Waals surface area contributed by atoms with Gasteiger partial charge in [0.05, 0.1) is 12.3 Å². The molecule has 88 valence electrons. The summed E-state index contributed by atoms with van der Waals surface area (Å²) in [4.78, 5) is 3.95. The van der Waals surface area contributed by atoms with E-state index in [0.717, 1.165) is 17.1 Å². The lowest BCUT2D eigenvalue weighted by atomic mass is 10.2.